The third-order valence-electron chi connectivity index (χ3n) is 6.46. The van der Waals surface area contributed by atoms with E-state index in [1.165, 1.54) is 24.0 Å². The van der Waals surface area contributed by atoms with Gasteiger partial charge in [0.1, 0.15) is 17.2 Å². The SMILES string of the molecule is Cc1nc2ccc(-c3cc(=O)n4cc(N5CCN6CCC[C@@H]6C5)cc(C)c4n3)nn2n1. The molecule has 2 aliphatic rings. The van der Waals surface area contributed by atoms with Gasteiger partial charge < -0.3 is 4.90 Å². The average molecular weight is 416 g/mol. The van der Waals surface area contributed by atoms with E-state index in [9.17, 15) is 4.79 Å². The van der Waals surface area contributed by atoms with Crippen molar-refractivity contribution in [3.8, 4) is 11.4 Å². The van der Waals surface area contributed by atoms with Gasteiger partial charge in [-0.25, -0.2) is 9.97 Å². The molecule has 0 saturated carbocycles. The van der Waals surface area contributed by atoms with E-state index < -0.39 is 0 Å². The van der Waals surface area contributed by atoms with Gasteiger partial charge in [0.15, 0.2) is 5.65 Å². The van der Waals surface area contributed by atoms with Gasteiger partial charge in [0.25, 0.3) is 5.56 Å². The average Bonchev–Trinajstić information content (AvgIpc) is 3.38. The van der Waals surface area contributed by atoms with E-state index >= 15 is 0 Å². The van der Waals surface area contributed by atoms with Gasteiger partial charge in [-0.1, -0.05) is 0 Å². The first-order valence-corrected chi connectivity index (χ1v) is 10.8. The molecule has 2 saturated heterocycles. The van der Waals surface area contributed by atoms with Crippen LogP contribution in [0.3, 0.4) is 0 Å². The van der Waals surface area contributed by atoms with E-state index in [0.29, 0.717) is 34.5 Å². The van der Waals surface area contributed by atoms with Crippen LogP contribution in [-0.4, -0.2) is 66.3 Å². The van der Waals surface area contributed by atoms with Crippen molar-refractivity contribution in [1.29, 1.82) is 0 Å². The third kappa shape index (κ3) is 3.07. The van der Waals surface area contributed by atoms with Crippen LogP contribution in [0.1, 0.15) is 24.2 Å². The zero-order chi connectivity index (χ0) is 21.1. The summed E-state index contributed by atoms with van der Waals surface area (Å²) in [5, 5.41) is 8.75. The number of anilines is 1. The molecule has 9 heteroatoms. The molecule has 0 spiro atoms. The molecular weight excluding hydrogens is 392 g/mol. The summed E-state index contributed by atoms with van der Waals surface area (Å²) in [7, 11) is 0. The second kappa shape index (κ2) is 6.84. The van der Waals surface area contributed by atoms with Crippen LogP contribution in [-0.2, 0) is 0 Å². The quantitative estimate of drug-likeness (QED) is 0.492. The van der Waals surface area contributed by atoms with Crippen LogP contribution in [0.5, 0.6) is 0 Å². The maximum atomic E-state index is 13.0. The van der Waals surface area contributed by atoms with Gasteiger partial charge in [-0.15, -0.1) is 14.8 Å². The van der Waals surface area contributed by atoms with Crippen LogP contribution in [0.2, 0.25) is 0 Å². The molecule has 0 aromatic carbocycles. The second-order valence-corrected chi connectivity index (χ2v) is 8.56. The van der Waals surface area contributed by atoms with E-state index in [0.717, 1.165) is 30.9 Å². The number of hydrogen-bond acceptors (Lipinski definition) is 7. The molecule has 2 aliphatic heterocycles. The molecule has 0 radical (unpaired) electrons. The van der Waals surface area contributed by atoms with Crippen molar-refractivity contribution in [1.82, 2.24) is 34.1 Å². The van der Waals surface area contributed by atoms with Crippen molar-refractivity contribution in [2.75, 3.05) is 31.1 Å². The van der Waals surface area contributed by atoms with E-state index in [1.807, 2.05) is 32.2 Å². The molecule has 158 valence electrons. The Labute approximate surface area is 179 Å². The fourth-order valence-corrected chi connectivity index (χ4v) is 4.90. The lowest BCUT2D eigenvalue weighted by atomic mass is 10.1. The number of rotatable bonds is 2. The third-order valence-corrected chi connectivity index (χ3v) is 6.46. The molecule has 0 bridgehead atoms. The Bertz CT molecular complexity index is 1370. The Morgan fingerprint density at radius 2 is 1.90 bits per heavy atom. The highest BCUT2D eigenvalue weighted by atomic mass is 16.1. The molecule has 6 rings (SSSR count). The van der Waals surface area contributed by atoms with Gasteiger partial charge in [0, 0.05) is 37.9 Å². The molecule has 31 heavy (non-hydrogen) atoms. The molecule has 0 aliphatic carbocycles. The zero-order valence-electron chi connectivity index (χ0n) is 17.7. The van der Waals surface area contributed by atoms with E-state index in [4.69, 9.17) is 4.98 Å². The Hall–Kier alpha value is -3.33. The van der Waals surface area contributed by atoms with Crippen LogP contribution in [0.25, 0.3) is 22.7 Å². The van der Waals surface area contributed by atoms with Crippen LogP contribution in [0, 0.1) is 13.8 Å². The Kier molecular flexibility index (Phi) is 4.07. The number of aryl methyl sites for hydroxylation is 2. The van der Waals surface area contributed by atoms with Gasteiger partial charge >= 0.3 is 0 Å². The first kappa shape index (κ1) is 18.4. The monoisotopic (exact) mass is 416 g/mol. The highest BCUT2D eigenvalue weighted by Gasteiger charge is 2.30. The van der Waals surface area contributed by atoms with Gasteiger partial charge in [-0.3, -0.25) is 14.1 Å². The lowest BCUT2D eigenvalue weighted by Gasteiger charge is -2.39. The first-order chi connectivity index (χ1) is 15.0. The summed E-state index contributed by atoms with van der Waals surface area (Å²) in [5.41, 5.74) is 4.41. The molecule has 4 aromatic heterocycles. The van der Waals surface area contributed by atoms with Gasteiger partial charge in [0.05, 0.1) is 11.4 Å². The van der Waals surface area contributed by atoms with E-state index in [-0.39, 0.29) is 5.56 Å². The summed E-state index contributed by atoms with van der Waals surface area (Å²) in [5.74, 6) is 0.651. The number of pyridine rings is 1. The van der Waals surface area contributed by atoms with Crippen molar-refractivity contribution in [3.63, 3.8) is 0 Å². The maximum Gasteiger partial charge on any atom is 0.258 e. The minimum Gasteiger partial charge on any atom is -0.367 e. The molecule has 6 heterocycles. The van der Waals surface area contributed by atoms with Gasteiger partial charge in [0.2, 0.25) is 0 Å². The van der Waals surface area contributed by atoms with E-state index in [1.54, 1.807) is 10.5 Å². The number of hydrogen-bond donors (Lipinski definition) is 0. The Balaban J connectivity index is 1.40. The minimum absolute atomic E-state index is 0.110. The molecule has 9 nitrogen and oxygen atoms in total. The largest absolute Gasteiger partial charge is 0.367 e. The van der Waals surface area contributed by atoms with Crippen molar-refractivity contribution in [2.24, 2.45) is 0 Å². The number of piperazine rings is 1. The van der Waals surface area contributed by atoms with Crippen molar-refractivity contribution < 1.29 is 0 Å². The second-order valence-electron chi connectivity index (χ2n) is 8.56. The predicted molar refractivity (Wildman–Crippen MR) is 118 cm³/mol. The lowest BCUT2D eigenvalue weighted by molar-refractivity contribution is 0.231. The molecule has 0 N–H and O–H groups in total. The lowest BCUT2D eigenvalue weighted by Crippen LogP contribution is -2.50. The Morgan fingerprint density at radius 3 is 2.81 bits per heavy atom. The highest BCUT2D eigenvalue weighted by molar-refractivity contribution is 5.63. The number of fused-ring (bicyclic) bond motifs is 3. The van der Waals surface area contributed by atoms with Crippen LogP contribution < -0.4 is 10.5 Å². The number of aromatic nitrogens is 6. The first-order valence-electron chi connectivity index (χ1n) is 10.8. The van der Waals surface area contributed by atoms with E-state index in [2.05, 4.69) is 31.0 Å². The van der Waals surface area contributed by atoms with Crippen molar-refractivity contribution in [2.45, 2.75) is 32.7 Å². The standard InChI is InChI=1S/C22H24N8O/c1-14-10-17(28-9-8-27-7-3-4-16(27)12-28)13-29-21(31)11-19(24-22(14)29)18-5-6-20-23-15(2)25-30(20)26-18/h5-6,10-11,13,16H,3-4,7-9,12H2,1-2H3/t16-/m1/s1. The van der Waals surface area contributed by atoms with Crippen LogP contribution in [0.4, 0.5) is 5.69 Å². The summed E-state index contributed by atoms with van der Waals surface area (Å²) in [6, 6.07) is 7.98. The predicted octanol–water partition coefficient (Wildman–Crippen LogP) is 1.70. The summed E-state index contributed by atoms with van der Waals surface area (Å²) in [6.07, 6.45) is 4.48. The highest BCUT2D eigenvalue weighted by Crippen LogP contribution is 2.27. The Morgan fingerprint density at radius 1 is 1.00 bits per heavy atom. The smallest absolute Gasteiger partial charge is 0.258 e. The summed E-state index contributed by atoms with van der Waals surface area (Å²) in [6.45, 7) is 8.15. The molecule has 1 atom stereocenters. The fraction of sp³-hybridized carbons (Fsp3) is 0.409. The molecule has 0 amide bonds. The molecular formula is C22H24N8O. The van der Waals surface area contributed by atoms with Crippen LogP contribution in [0.15, 0.2) is 35.3 Å². The van der Waals surface area contributed by atoms with Crippen molar-refractivity contribution >= 4 is 17.0 Å². The summed E-state index contributed by atoms with van der Waals surface area (Å²) < 4.78 is 3.14. The molecule has 2 fully saturated rings. The molecule has 4 aromatic rings. The summed E-state index contributed by atoms with van der Waals surface area (Å²) in [4.78, 5) is 27.1. The van der Waals surface area contributed by atoms with Gasteiger partial charge in [-0.05, 0) is 57.0 Å². The maximum absolute atomic E-state index is 13.0. The summed E-state index contributed by atoms with van der Waals surface area (Å²) >= 11 is 0. The van der Waals surface area contributed by atoms with Crippen molar-refractivity contribution in [3.05, 3.63) is 52.2 Å². The molecule has 0 unspecified atom stereocenters. The minimum atomic E-state index is -0.110. The van der Waals surface area contributed by atoms with Crippen LogP contribution >= 0.6 is 0 Å². The topological polar surface area (TPSA) is 83.9 Å². The zero-order valence-corrected chi connectivity index (χ0v) is 17.7. The van der Waals surface area contributed by atoms with Gasteiger partial charge in [-0.2, -0.15) is 0 Å². The number of nitrogens with zero attached hydrogens (tertiary/aromatic N) is 8. The normalized spacial score (nSPS) is 19.4. The fourth-order valence-electron chi connectivity index (χ4n) is 4.90.